The number of dihydropyridines is 1. The normalized spacial score (nSPS) is 14.7. The third-order valence-electron chi connectivity index (χ3n) is 4.28. The predicted octanol–water partition coefficient (Wildman–Crippen LogP) is 3.45. The van der Waals surface area contributed by atoms with Gasteiger partial charge in [0.25, 0.3) is 0 Å². The lowest BCUT2D eigenvalue weighted by atomic mass is 9.80. The Morgan fingerprint density at radius 3 is 1.89 bits per heavy atom. The molecule has 146 valence electrons. The van der Waals surface area contributed by atoms with Crippen LogP contribution in [-0.4, -0.2) is 31.8 Å². The molecule has 0 atom stereocenters. The van der Waals surface area contributed by atoms with E-state index >= 15 is 0 Å². The van der Waals surface area contributed by atoms with Crippen LogP contribution in [0.25, 0.3) is 0 Å². The molecule has 0 aromatic heterocycles. The van der Waals surface area contributed by atoms with Crippen molar-refractivity contribution in [2.45, 2.75) is 40.5 Å². The Kier molecular flexibility index (Phi) is 7.05. The van der Waals surface area contributed by atoms with Crippen molar-refractivity contribution in [2.75, 3.05) is 19.8 Å². The highest BCUT2D eigenvalue weighted by Crippen LogP contribution is 2.42. The number of nitrogens with one attached hydrogen (secondary N) is 1. The Bertz CT molecular complexity index is 739. The lowest BCUT2D eigenvalue weighted by Gasteiger charge is -2.31. The molecule has 6 nitrogen and oxygen atoms in total. The summed E-state index contributed by atoms with van der Waals surface area (Å²) in [4.78, 5) is 25.5. The average Bonchev–Trinajstić information content (AvgIpc) is 2.62. The monoisotopic (exact) mass is 373 g/mol. The van der Waals surface area contributed by atoms with E-state index in [-0.39, 0.29) is 13.2 Å². The van der Waals surface area contributed by atoms with Crippen molar-refractivity contribution < 1.29 is 23.8 Å². The fourth-order valence-corrected chi connectivity index (χ4v) is 3.27. The van der Waals surface area contributed by atoms with Crippen molar-refractivity contribution >= 4 is 11.9 Å². The molecule has 0 amide bonds. The number of esters is 2. The van der Waals surface area contributed by atoms with Gasteiger partial charge in [-0.25, -0.2) is 9.59 Å². The van der Waals surface area contributed by atoms with Gasteiger partial charge in [0.05, 0.1) is 36.9 Å². The number of carbonyl (C=O) groups is 2. The molecule has 1 aliphatic rings. The Hall–Kier alpha value is -2.76. The van der Waals surface area contributed by atoms with Crippen LogP contribution in [0.1, 0.15) is 46.1 Å². The molecule has 0 fully saturated rings. The summed E-state index contributed by atoms with van der Waals surface area (Å²) in [6, 6.07) is 7.41. The highest BCUT2D eigenvalue weighted by atomic mass is 16.5. The summed E-state index contributed by atoms with van der Waals surface area (Å²) in [5.41, 5.74) is 2.80. The number of carbonyl (C=O) groups excluding carboxylic acids is 2. The third-order valence-corrected chi connectivity index (χ3v) is 4.28. The van der Waals surface area contributed by atoms with E-state index in [1.807, 2.05) is 31.2 Å². The van der Waals surface area contributed by atoms with Gasteiger partial charge in [-0.2, -0.15) is 0 Å². The van der Waals surface area contributed by atoms with Gasteiger partial charge in [0, 0.05) is 17.0 Å². The highest BCUT2D eigenvalue weighted by molar-refractivity contribution is 6.00. The van der Waals surface area contributed by atoms with Gasteiger partial charge in [-0.15, -0.1) is 0 Å². The molecule has 1 aliphatic heterocycles. The lowest BCUT2D eigenvalue weighted by Crippen LogP contribution is -2.32. The number of allylic oxidation sites excluding steroid dienone is 2. The molecular formula is C21H27NO5. The van der Waals surface area contributed by atoms with E-state index in [0.717, 1.165) is 5.56 Å². The van der Waals surface area contributed by atoms with Gasteiger partial charge in [-0.3, -0.25) is 0 Å². The molecule has 27 heavy (non-hydrogen) atoms. The zero-order valence-corrected chi connectivity index (χ0v) is 16.5. The topological polar surface area (TPSA) is 73.9 Å². The summed E-state index contributed by atoms with van der Waals surface area (Å²) >= 11 is 0. The number of para-hydroxylation sites is 1. The maximum absolute atomic E-state index is 12.8. The largest absolute Gasteiger partial charge is 0.494 e. The van der Waals surface area contributed by atoms with Crippen molar-refractivity contribution in [3.05, 3.63) is 52.4 Å². The Labute approximate surface area is 160 Å². The summed E-state index contributed by atoms with van der Waals surface area (Å²) < 4.78 is 16.3. The minimum absolute atomic E-state index is 0.243. The molecule has 1 N–H and O–H groups in total. The molecule has 1 aromatic carbocycles. The van der Waals surface area contributed by atoms with Crippen LogP contribution >= 0.6 is 0 Å². The maximum Gasteiger partial charge on any atom is 0.336 e. The van der Waals surface area contributed by atoms with Crippen LogP contribution in [0.15, 0.2) is 46.8 Å². The molecule has 0 saturated carbocycles. The number of hydrogen-bond donors (Lipinski definition) is 1. The molecule has 0 saturated heterocycles. The van der Waals surface area contributed by atoms with E-state index in [0.29, 0.717) is 34.9 Å². The van der Waals surface area contributed by atoms with Gasteiger partial charge in [0.1, 0.15) is 5.75 Å². The van der Waals surface area contributed by atoms with E-state index in [1.54, 1.807) is 27.7 Å². The van der Waals surface area contributed by atoms with Crippen molar-refractivity contribution in [3.63, 3.8) is 0 Å². The number of rotatable bonds is 7. The van der Waals surface area contributed by atoms with Gasteiger partial charge in [0.2, 0.25) is 0 Å². The molecule has 0 bridgehead atoms. The fourth-order valence-electron chi connectivity index (χ4n) is 3.27. The Morgan fingerprint density at radius 1 is 0.889 bits per heavy atom. The minimum Gasteiger partial charge on any atom is -0.494 e. The summed E-state index contributed by atoms with van der Waals surface area (Å²) in [6.07, 6.45) is 0. The summed E-state index contributed by atoms with van der Waals surface area (Å²) in [6.45, 7) is 9.94. The van der Waals surface area contributed by atoms with E-state index < -0.39 is 17.9 Å². The van der Waals surface area contributed by atoms with E-state index in [9.17, 15) is 9.59 Å². The number of hydrogen-bond acceptors (Lipinski definition) is 6. The van der Waals surface area contributed by atoms with Crippen LogP contribution in [0.2, 0.25) is 0 Å². The van der Waals surface area contributed by atoms with Gasteiger partial charge in [0.15, 0.2) is 0 Å². The molecule has 6 heteroatoms. The van der Waals surface area contributed by atoms with Gasteiger partial charge in [-0.1, -0.05) is 18.2 Å². The average molecular weight is 373 g/mol. The second-order valence-electron chi connectivity index (χ2n) is 6.05. The predicted molar refractivity (Wildman–Crippen MR) is 102 cm³/mol. The molecule has 0 aliphatic carbocycles. The van der Waals surface area contributed by atoms with Gasteiger partial charge in [-0.05, 0) is 40.7 Å². The summed E-state index contributed by atoms with van der Waals surface area (Å²) in [5, 5.41) is 3.13. The first-order chi connectivity index (χ1) is 13.0. The van der Waals surface area contributed by atoms with Crippen LogP contribution in [0.3, 0.4) is 0 Å². The molecule has 2 rings (SSSR count). The molecule has 1 aromatic rings. The van der Waals surface area contributed by atoms with Crippen LogP contribution in [0.4, 0.5) is 0 Å². The van der Waals surface area contributed by atoms with Crippen LogP contribution in [-0.2, 0) is 19.1 Å². The molecule has 0 spiro atoms. The molecule has 1 heterocycles. The van der Waals surface area contributed by atoms with Gasteiger partial charge < -0.3 is 19.5 Å². The highest BCUT2D eigenvalue weighted by Gasteiger charge is 2.39. The second-order valence-corrected chi connectivity index (χ2v) is 6.05. The van der Waals surface area contributed by atoms with E-state index in [2.05, 4.69) is 5.32 Å². The second kappa shape index (κ2) is 9.26. The van der Waals surface area contributed by atoms with E-state index in [4.69, 9.17) is 14.2 Å². The lowest BCUT2D eigenvalue weighted by molar-refractivity contribution is -0.139. The zero-order chi connectivity index (χ0) is 20.0. The quantitative estimate of drug-likeness (QED) is 0.738. The molecule has 0 radical (unpaired) electrons. The minimum atomic E-state index is -0.632. The molecule has 0 unspecified atom stereocenters. The summed E-state index contributed by atoms with van der Waals surface area (Å²) in [5.74, 6) is -0.940. The van der Waals surface area contributed by atoms with Crippen LogP contribution < -0.4 is 10.1 Å². The van der Waals surface area contributed by atoms with Crippen LogP contribution in [0, 0.1) is 0 Å². The first-order valence-electron chi connectivity index (χ1n) is 9.20. The van der Waals surface area contributed by atoms with Crippen molar-refractivity contribution in [1.29, 1.82) is 0 Å². The Morgan fingerprint density at radius 2 is 1.41 bits per heavy atom. The summed E-state index contributed by atoms with van der Waals surface area (Å²) in [7, 11) is 0. The van der Waals surface area contributed by atoms with Crippen molar-refractivity contribution in [1.82, 2.24) is 5.32 Å². The number of benzene rings is 1. The third kappa shape index (κ3) is 4.32. The zero-order valence-electron chi connectivity index (χ0n) is 16.5. The smallest absolute Gasteiger partial charge is 0.336 e. The first kappa shape index (κ1) is 20.6. The van der Waals surface area contributed by atoms with Crippen molar-refractivity contribution in [2.24, 2.45) is 0 Å². The Balaban J connectivity index is 2.69. The standard InChI is InChI=1S/C21H27NO5/c1-6-25-16-12-10-9-11-15(16)19-17(20(23)26-7-2)13(4)22-14(5)18(19)21(24)27-8-3/h9-12,19,22H,6-8H2,1-5H3. The van der Waals surface area contributed by atoms with Crippen molar-refractivity contribution in [3.8, 4) is 5.75 Å². The number of ether oxygens (including phenoxy) is 3. The van der Waals surface area contributed by atoms with Gasteiger partial charge >= 0.3 is 11.9 Å². The van der Waals surface area contributed by atoms with Crippen LogP contribution in [0.5, 0.6) is 5.75 Å². The molecular weight excluding hydrogens is 346 g/mol. The van der Waals surface area contributed by atoms with E-state index in [1.165, 1.54) is 0 Å². The first-order valence-corrected chi connectivity index (χ1v) is 9.20. The fraction of sp³-hybridized carbons (Fsp3) is 0.429. The maximum atomic E-state index is 12.8. The SMILES string of the molecule is CCOC(=O)C1=C(C)NC(C)=C(C(=O)OCC)C1c1ccccc1OCC.